The SMILES string of the molecule is CC1(C)c2ccccc2-c2c(-c3ccccc3)nc(-c3ccc(-n4c5ccccc5c5ccc6c7ccccc7oc6c54)cc3)nc21. The first-order chi connectivity index (χ1) is 23.1. The lowest BCUT2D eigenvalue weighted by molar-refractivity contribution is 0.636. The van der Waals surface area contributed by atoms with Crippen molar-refractivity contribution in [2.75, 3.05) is 0 Å². The van der Waals surface area contributed by atoms with Crippen molar-refractivity contribution in [3.8, 4) is 39.5 Å². The van der Waals surface area contributed by atoms with Crippen molar-refractivity contribution < 1.29 is 4.42 Å². The molecule has 0 atom stereocenters. The summed E-state index contributed by atoms with van der Waals surface area (Å²) in [6, 6.07) is 49.1. The van der Waals surface area contributed by atoms with E-state index in [1.165, 1.54) is 21.9 Å². The van der Waals surface area contributed by atoms with Gasteiger partial charge in [-0.2, -0.15) is 0 Å². The van der Waals surface area contributed by atoms with E-state index < -0.39 is 0 Å². The van der Waals surface area contributed by atoms with Crippen LogP contribution in [0.15, 0.2) is 144 Å². The van der Waals surface area contributed by atoms with Crippen LogP contribution in [0.5, 0.6) is 0 Å². The van der Waals surface area contributed by atoms with Crippen LogP contribution in [0, 0.1) is 0 Å². The molecular weight excluding hydrogens is 574 g/mol. The average Bonchev–Trinajstić information content (AvgIpc) is 3.74. The maximum atomic E-state index is 6.55. The molecule has 4 heteroatoms. The highest BCUT2D eigenvalue weighted by atomic mass is 16.3. The van der Waals surface area contributed by atoms with E-state index in [0.717, 1.165) is 72.6 Å². The number of rotatable bonds is 3. The third kappa shape index (κ3) is 3.64. The largest absolute Gasteiger partial charge is 0.454 e. The second-order valence-corrected chi connectivity index (χ2v) is 13.0. The molecule has 1 aliphatic carbocycles. The molecule has 0 spiro atoms. The van der Waals surface area contributed by atoms with Gasteiger partial charge in [0.25, 0.3) is 0 Å². The molecule has 0 unspecified atom stereocenters. The van der Waals surface area contributed by atoms with Gasteiger partial charge >= 0.3 is 0 Å². The molecule has 47 heavy (non-hydrogen) atoms. The van der Waals surface area contributed by atoms with Crippen LogP contribution in [0.25, 0.3) is 83.2 Å². The van der Waals surface area contributed by atoms with E-state index >= 15 is 0 Å². The zero-order valence-electron chi connectivity index (χ0n) is 26.0. The van der Waals surface area contributed by atoms with Crippen molar-refractivity contribution >= 4 is 43.7 Å². The van der Waals surface area contributed by atoms with E-state index in [-0.39, 0.29) is 5.41 Å². The second kappa shape index (κ2) is 9.51. The molecule has 0 amide bonds. The third-order valence-corrected chi connectivity index (χ3v) is 9.98. The molecule has 222 valence electrons. The monoisotopic (exact) mass is 603 g/mol. The van der Waals surface area contributed by atoms with Crippen molar-refractivity contribution in [3.05, 3.63) is 151 Å². The van der Waals surface area contributed by atoms with E-state index in [4.69, 9.17) is 14.4 Å². The summed E-state index contributed by atoms with van der Waals surface area (Å²) in [4.78, 5) is 10.6. The number of aromatic nitrogens is 3. The molecule has 6 aromatic carbocycles. The Morgan fingerprint density at radius 1 is 0.574 bits per heavy atom. The molecule has 0 saturated heterocycles. The summed E-state index contributed by atoms with van der Waals surface area (Å²) in [5.74, 6) is 0.733. The van der Waals surface area contributed by atoms with Crippen LogP contribution < -0.4 is 0 Å². The molecular formula is C43H29N3O. The number of hydrogen-bond donors (Lipinski definition) is 0. The van der Waals surface area contributed by atoms with Crippen molar-refractivity contribution in [2.45, 2.75) is 19.3 Å². The van der Waals surface area contributed by atoms with Gasteiger partial charge in [0, 0.05) is 49.3 Å². The Hall–Kier alpha value is -6.00. The molecule has 10 rings (SSSR count). The zero-order chi connectivity index (χ0) is 31.3. The summed E-state index contributed by atoms with van der Waals surface area (Å²) in [7, 11) is 0. The lowest BCUT2D eigenvalue weighted by Gasteiger charge is -2.21. The number of hydrogen-bond acceptors (Lipinski definition) is 3. The van der Waals surface area contributed by atoms with Crippen molar-refractivity contribution in [1.29, 1.82) is 0 Å². The number of benzene rings is 6. The standard InChI is InChI=1S/C43H29N3O/c1-43(2)34-17-9-6-16-33(34)37-38(26-12-4-3-5-13-26)44-42(45-41(37)43)27-20-22-28(23-21-27)46-35-18-10-7-14-29(35)31-24-25-32-30-15-8-11-19-36(30)47-40(32)39(31)46/h3-25H,1-2H3. The molecule has 4 nitrogen and oxygen atoms in total. The minimum Gasteiger partial charge on any atom is -0.454 e. The molecule has 0 aliphatic heterocycles. The summed E-state index contributed by atoms with van der Waals surface area (Å²) in [5.41, 5.74) is 12.6. The van der Waals surface area contributed by atoms with Gasteiger partial charge in [-0.3, -0.25) is 0 Å². The number of para-hydroxylation sites is 2. The summed E-state index contributed by atoms with van der Waals surface area (Å²) < 4.78 is 8.88. The molecule has 0 N–H and O–H groups in total. The van der Waals surface area contributed by atoms with Crippen molar-refractivity contribution in [2.24, 2.45) is 0 Å². The van der Waals surface area contributed by atoms with Gasteiger partial charge in [-0.25, -0.2) is 9.97 Å². The predicted octanol–water partition coefficient (Wildman–Crippen LogP) is 11.1. The number of furan rings is 1. The minimum atomic E-state index is -0.242. The normalized spacial score (nSPS) is 13.5. The van der Waals surface area contributed by atoms with Crippen LogP contribution in [0.1, 0.15) is 25.1 Å². The minimum absolute atomic E-state index is 0.242. The van der Waals surface area contributed by atoms with E-state index in [2.05, 4.69) is 146 Å². The highest BCUT2D eigenvalue weighted by Crippen LogP contribution is 2.51. The summed E-state index contributed by atoms with van der Waals surface area (Å²) in [6.45, 7) is 4.54. The van der Waals surface area contributed by atoms with Gasteiger partial charge in [-0.1, -0.05) is 111 Å². The van der Waals surface area contributed by atoms with E-state index in [1.807, 2.05) is 12.1 Å². The van der Waals surface area contributed by atoms with Crippen LogP contribution in [-0.4, -0.2) is 14.5 Å². The Bertz CT molecular complexity index is 2700. The molecule has 1 aliphatic rings. The molecule has 0 radical (unpaired) electrons. The van der Waals surface area contributed by atoms with Crippen LogP contribution in [-0.2, 0) is 5.41 Å². The van der Waals surface area contributed by atoms with Gasteiger partial charge in [-0.05, 0) is 53.6 Å². The smallest absolute Gasteiger partial charge is 0.160 e. The van der Waals surface area contributed by atoms with Gasteiger partial charge in [0.1, 0.15) is 5.58 Å². The highest BCUT2D eigenvalue weighted by Gasteiger charge is 2.39. The maximum Gasteiger partial charge on any atom is 0.160 e. The van der Waals surface area contributed by atoms with Gasteiger partial charge < -0.3 is 8.98 Å². The molecule has 3 aromatic heterocycles. The quantitative estimate of drug-likeness (QED) is 0.202. The van der Waals surface area contributed by atoms with Crippen molar-refractivity contribution in [3.63, 3.8) is 0 Å². The first-order valence-corrected chi connectivity index (χ1v) is 16.1. The van der Waals surface area contributed by atoms with Crippen LogP contribution in [0.2, 0.25) is 0 Å². The van der Waals surface area contributed by atoms with E-state index in [1.54, 1.807) is 0 Å². The summed E-state index contributed by atoms with van der Waals surface area (Å²) >= 11 is 0. The Kier molecular flexibility index (Phi) is 5.31. The first kappa shape index (κ1) is 26.2. The van der Waals surface area contributed by atoms with Gasteiger partial charge in [0.2, 0.25) is 0 Å². The van der Waals surface area contributed by atoms with Crippen LogP contribution >= 0.6 is 0 Å². The third-order valence-electron chi connectivity index (χ3n) is 9.98. The molecule has 3 heterocycles. The Balaban J connectivity index is 1.18. The zero-order valence-corrected chi connectivity index (χ0v) is 26.0. The van der Waals surface area contributed by atoms with Crippen molar-refractivity contribution in [1.82, 2.24) is 14.5 Å². The Labute approximate surface area is 271 Å². The van der Waals surface area contributed by atoms with Gasteiger partial charge in [-0.15, -0.1) is 0 Å². The topological polar surface area (TPSA) is 43.9 Å². The Morgan fingerprint density at radius 2 is 1.28 bits per heavy atom. The van der Waals surface area contributed by atoms with Crippen LogP contribution in [0.3, 0.4) is 0 Å². The fraction of sp³-hybridized carbons (Fsp3) is 0.0698. The fourth-order valence-electron chi connectivity index (χ4n) is 7.73. The maximum absolute atomic E-state index is 6.55. The Morgan fingerprint density at radius 3 is 2.13 bits per heavy atom. The average molecular weight is 604 g/mol. The number of fused-ring (bicyclic) bond motifs is 10. The van der Waals surface area contributed by atoms with E-state index in [0.29, 0.717) is 0 Å². The van der Waals surface area contributed by atoms with Crippen LogP contribution in [0.4, 0.5) is 0 Å². The molecule has 0 saturated carbocycles. The van der Waals surface area contributed by atoms with Gasteiger partial charge in [0.15, 0.2) is 11.4 Å². The van der Waals surface area contributed by atoms with E-state index in [9.17, 15) is 0 Å². The molecule has 0 bridgehead atoms. The molecule has 0 fully saturated rings. The predicted molar refractivity (Wildman–Crippen MR) is 192 cm³/mol. The molecule has 9 aromatic rings. The lowest BCUT2D eigenvalue weighted by atomic mass is 9.85. The lowest BCUT2D eigenvalue weighted by Crippen LogP contribution is -2.17. The number of nitrogens with zero attached hydrogens (tertiary/aromatic N) is 3. The first-order valence-electron chi connectivity index (χ1n) is 16.1. The van der Waals surface area contributed by atoms with Gasteiger partial charge in [0.05, 0.1) is 22.4 Å². The second-order valence-electron chi connectivity index (χ2n) is 13.0. The fourth-order valence-corrected chi connectivity index (χ4v) is 7.73. The highest BCUT2D eigenvalue weighted by molar-refractivity contribution is 6.21. The summed E-state index contributed by atoms with van der Waals surface area (Å²) in [6.07, 6.45) is 0. The summed E-state index contributed by atoms with van der Waals surface area (Å²) in [5, 5.41) is 4.62.